The van der Waals surface area contributed by atoms with Crippen molar-refractivity contribution in [3.63, 3.8) is 0 Å². The van der Waals surface area contributed by atoms with Crippen LogP contribution in [0.3, 0.4) is 0 Å². The summed E-state index contributed by atoms with van der Waals surface area (Å²) in [6, 6.07) is 13.9. The molecule has 0 saturated heterocycles. The number of hydrogen-bond acceptors (Lipinski definition) is 2. The van der Waals surface area contributed by atoms with E-state index in [1.165, 1.54) is 11.1 Å². The summed E-state index contributed by atoms with van der Waals surface area (Å²) in [6.07, 6.45) is -0.529. The zero-order valence-electron chi connectivity index (χ0n) is 14.6. The van der Waals surface area contributed by atoms with Crippen LogP contribution in [0.1, 0.15) is 30.5 Å². The van der Waals surface area contributed by atoms with E-state index >= 15 is 0 Å². The number of carbonyl (C=O) groups is 1. The van der Waals surface area contributed by atoms with Gasteiger partial charge in [-0.3, -0.25) is 4.79 Å². The van der Waals surface area contributed by atoms with Gasteiger partial charge in [-0.15, -0.1) is 0 Å². The number of amides is 1. The predicted molar refractivity (Wildman–Crippen MR) is 95.2 cm³/mol. The fourth-order valence-corrected chi connectivity index (χ4v) is 2.64. The Kier molecular flexibility index (Phi) is 5.43. The fourth-order valence-electron chi connectivity index (χ4n) is 2.64. The maximum Gasteiger partial charge on any atom is 0.267 e. The fraction of sp³-hybridized carbons (Fsp3) is 0.350. The van der Waals surface area contributed by atoms with Crippen LogP contribution in [-0.2, 0) is 4.79 Å². The summed E-state index contributed by atoms with van der Waals surface area (Å²) < 4.78 is 5.81. The molecule has 0 aliphatic rings. The molecule has 122 valence electrons. The second kappa shape index (κ2) is 7.32. The van der Waals surface area contributed by atoms with Crippen molar-refractivity contribution in [3.05, 3.63) is 59.2 Å². The molecule has 1 amide bonds. The van der Waals surface area contributed by atoms with Crippen LogP contribution in [0.15, 0.2) is 42.5 Å². The van der Waals surface area contributed by atoms with Crippen LogP contribution in [0.5, 0.6) is 5.75 Å². The first-order valence-corrected chi connectivity index (χ1v) is 8.04. The zero-order chi connectivity index (χ0) is 17.0. The molecule has 3 nitrogen and oxygen atoms in total. The van der Waals surface area contributed by atoms with E-state index < -0.39 is 6.10 Å². The average Bonchev–Trinajstić information content (AvgIpc) is 2.52. The number of likely N-dealkylation sites (N-methyl/N-ethyl adjacent to an activating group) is 1. The Balaban J connectivity index is 2.16. The summed E-state index contributed by atoms with van der Waals surface area (Å²) in [6.45, 7) is 10.5. The lowest BCUT2D eigenvalue weighted by atomic mass is 10.1. The molecular weight excluding hydrogens is 286 g/mol. The van der Waals surface area contributed by atoms with Crippen molar-refractivity contribution in [1.82, 2.24) is 0 Å². The number of nitrogens with zero attached hydrogens (tertiary/aromatic N) is 1. The van der Waals surface area contributed by atoms with Gasteiger partial charge in [-0.1, -0.05) is 35.4 Å². The molecule has 0 N–H and O–H groups in total. The summed E-state index contributed by atoms with van der Waals surface area (Å²) in [5.41, 5.74) is 4.41. The largest absolute Gasteiger partial charge is 0.481 e. The van der Waals surface area contributed by atoms with E-state index in [0.29, 0.717) is 12.3 Å². The maximum atomic E-state index is 12.8. The van der Waals surface area contributed by atoms with Crippen molar-refractivity contribution in [3.8, 4) is 5.75 Å². The molecule has 2 aromatic rings. The Morgan fingerprint density at radius 3 is 2.22 bits per heavy atom. The van der Waals surface area contributed by atoms with Crippen molar-refractivity contribution in [2.75, 3.05) is 11.4 Å². The van der Waals surface area contributed by atoms with Gasteiger partial charge in [-0.25, -0.2) is 0 Å². The minimum atomic E-state index is -0.529. The van der Waals surface area contributed by atoms with Crippen LogP contribution < -0.4 is 9.64 Å². The van der Waals surface area contributed by atoms with E-state index in [2.05, 4.69) is 13.0 Å². The molecule has 0 aliphatic heterocycles. The number of benzene rings is 2. The summed E-state index contributed by atoms with van der Waals surface area (Å²) in [7, 11) is 0. The number of hydrogen-bond donors (Lipinski definition) is 0. The number of ether oxygens (including phenoxy) is 1. The van der Waals surface area contributed by atoms with Gasteiger partial charge in [0.1, 0.15) is 5.75 Å². The quantitative estimate of drug-likeness (QED) is 0.817. The molecule has 1 unspecified atom stereocenters. The first-order chi connectivity index (χ1) is 10.9. The first kappa shape index (κ1) is 17.1. The van der Waals surface area contributed by atoms with E-state index in [9.17, 15) is 4.79 Å². The van der Waals surface area contributed by atoms with Gasteiger partial charge in [0.25, 0.3) is 5.91 Å². The Morgan fingerprint density at radius 2 is 1.65 bits per heavy atom. The molecule has 0 saturated carbocycles. The molecule has 0 bridgehead atoms. The lowest BCUT2D eigenvalue weighted by Gasteiger charge is -2.26. The summed E-state index contributed by atoms with van der Waals surface area (Å²) in [5.74, 6) is 0.688. The second-order valence-electron chi connectivity index (χ2n) is 5.95. The van der Waals surface area contributed by atoms with Crippen molar-refractivity contribution in [2.45, 2.75) is 40.7 Å². The maximum absolute atomic E-state index is 12.8. The molecule has 0 heterocycles. The standard InChI is InChI=1S/C20H25NO2/c1-6-21(19-12-9-15(3)13-16(19)4)20(22)17(5)23-18-10-7-14(2)8-11-18/h7-13,17H,6H2,1-5H3. The van der Waals surface area contributed by atoms with Crippen LogP contribution in [0.4, 0.5) is 5.69 Å². The van der Waals surface area contributed by atoms with Gasteiger partial charge in [0.15, 0.2) is 6.10 Å². The van der Waals surface area contributed by atoms with Gasteiger partial charge >= 0.3 is 0 Å². The smallest absolute Gasteiger partial charge is 0.267 e. The monoisotopic (exact) mass is 311 g/mol. The van der Waals surface area contributed by atoms with E-state index in [1.807, 2.05) is 57.2 Å². The van der Waals surface area contributed by atoms with Crippen molar-refractivity contribution >= 4 is 11.6 Å². The molecule has 0 spiro atoms. The number of rotatable bonds is 5. The van der Waals surface area contributed by atoms with Crippen LogP contribution in [0.25, 0.3) is 0 Å². The third-order valence-corrected chi connectivity index (χ3v) is 3.91. The highest BCUT2D eigenvalue weighted by atomic mass is 16.5. The lowest BCUT2D eigenvalue weighted by Crippen LogP contribution is -2.40. The van der Waals surface area contributed by atoms with E-state index in [4.69, 9.17) is 4.74 Å². The van der Waals surface area contributed by atoms with E-state index in [0.717, 1.165) is 11.3 Å². The molecule has 2 rings (SSSR count). The van der Waals surface area contributed by atoms with E-state index in [-0.39, 0.29) is 5.91 Å². The Labute approximate surface area is 138 Å². The Morgan fingerprint density at radius 1 is 1.04 bits per heavy atom. The van der Waals surface area contributed by atoms with E-state index in [1.54, 1.807) is 11.8 Å². The minimum absolute atomic E-state index is 0.0278. The lowest BCUT2D eigenvalue weighted by molar-refractivity contribution is -0.124. The molecule has 23 heavy (non-hydrogen) atoms. The number of carbonyl (C=O) groups excluding carboxylic acids is 1. The highest BCUT2D eigenvalue weighted by molar-refractivity contribution is 5.97. The van der Waals surface area contributed by atoms with Crippen LogP contribution in [-0.4, -0.2) is 18.6 Å². The molecular formula is C20H25NO2. The second-order valence-corrected chi connectivity index (χ2v) is 5.95. The minimum Gasteiger partial charge on any atom is -0.481 e. The SMILES string of the molecule is CCN(C(=O)C(C)Oc1ccc(C)cc1)c1ccc(C)cc1C. The molecule has 0 aliphatic carbocycles. The molecule has 0 radical (unpaired) electrons. The van der Waals surface area contributed by atoms with Gasteiger partial charge in [0, 0.05) is 12.2 Å². The van der Waals surface area contributed by atoms with Crippen molar-refractivity contribution < 1.29 is 9.53 Å². The Hall–Kier alpha value is -2.29. The van der Waals surface area contributed by atoms with Gasteiger partial charge in [-0.05, 0) is 58.4 Å². The molecule has 1 atom stereocenters. The third-order valence-electron chi connectivity index (χ3n) is 3.91. The zero-order valence-corrected chi connectivity index (χ0v) is 14.6. The van der Waals surface area contributed by atoms with Crippen LogP contribution in [0.2, 0.25) is 0 Å². The van der Waals surface area contributed by atoms with Crippen LogP contribution >= 0.6 is 0 Å². The van der Waals surface area contributed by atoms with Gasteiger partial charge < -0.3 is 9.64 Å². The van der Waals surface area contributed by atoms with Gasteiger partial charge in [-0.2, -0.15) is 0 Å². The van der Waals surface area contributed by atoms with Gasteiger partial charge in [0.2, 0.25) is 0 Å². The molecule has 0 fully saturated rings. The summed E-state index contributed by atoms with van der Waals surface area (Å²) >= 11 is 0. The van der Waals surface area contributed by atoms with Crippen molar-refractivity contribution in [2.24, 2.45) is 0 Å². The normalized spacial score (nSPS) is 11.9. The first-order valence-electron chi connectivity index (χ1n) is 8.04. The van der Waals surface area contributed by atoms with Crippen molar-refractivity contribution in [1.29, 1.82) is 0 Å². The summed E-state index contributed by atoms with van der Waals surface area (Å²) in [5, 5.41) is 0. The topological polar surface area (TPSA) is 29.5 Å². The number of aryl methyl sites for hydroxylation is 3. The Bertz CT molecular complexity index is 677. The highest BCUT2D eigenvalue weighted by Crippen LogP contribution is 2.23. The molecule has 2 aromatic carbocycles. The molecule has 0 aromatic heterocycles. The highest BCUT2D eigenvalue weighted by Gasteiger charge is 2.23. The van der Waals surface area contributed by atoms with Gasteiger partial charge in [0.05, 0.1) is 0 Å². The third kappa shape index (κ3) is 4.13. The molecule has 3 heteroatoms. The average molecular weight is 311 g/mol. The summed E-state index contributed by atoms with van der Waals surface area (Å²) in [4.78, 5) is 14.6. The number of anilines is 1. The predicted octanol–water partition coefficient (Wildman–Crippen LogP) is 4.43. The van der Waals surface area contributed by atoms with Crippen LogP contribution in [0, 0.1) is 20.8 Å².